The first-order chi connectivity index (χ1) is 14.2. The summed E-state index contributed by atoms with van der Waals surface area (Å²) < 4.78 is 0. The van der Waals surface area contributed by atoms with Crippen LogP contribution in [0.15, 0.2) is 36.4 Å². The lowest BCUT2D eigenvalue weighted by Crippen LogP contribution is -1.95. The third-order valence-corrected chi connectivity index (χ3v) is 7.75. The fourth-order valence-corrected chi connectivity index (χ4v) is 5.17. The van der Waals surface area contributed by atoms with Crippen molar-refractivity contribution in [2.24, 2.45) is 0 Å². The van der Waals surface area contributed by atoms with Crippen LogP contribution in [0, 0.1) is 55.4 Å². The Hall–Kier alpha value is -2.86. The van der Waals surface area contributed by atoms with Crippen LogP contribution >= 0.6 is 0 Å². The maximum absolute atomic E-state index is 2.46. The lowest BCUT2D eigenvalue weighted by Gasteiger charge is -2.18. The van der Waals surface area contributed by atoms with Crippen molar-refractivity contribution in [3.63, 3.8) is 0 Å². The first kappa shape index (κ1) is 19.1. The largest absolute Gasteiger partial charge is 0.0509 e. The van der Waals surface area contributed by atoms with Gasteiger partial charge in [0.1, 0.15) is 0 Å². The first-order valence-corrected chi connectivity index (χ1v) is 11.0. The van der Waals surface area contributed by atoms with E-state index in [-0.39, 0.29) is 0 Å². The van der Waals surface area contributed by atoms with Gasteiger partial charge in [0.2, 0.25) is 0 Å². The summed E-state index contributed by atoms with van der Waals surface area (Å²) in [5.74, 6) is 0. The quantitative estimate of drug-likeness (QED) is 0.183. The fourth-order valence-electron chi connectivity index (χ4n) is 5.17. The van der Waals surface area contributed by atoms with Crippen molar-refractivity contribution >= 4 is 43.1 Å². The van der Waals surface area contributed by atoms with Gasteiger partial charge in [-0.3, -0.25) is 0 Å². The molecule has 0 aliphatic rings. The van der Waals surface area contributed by atoms with Crippen LogP contribution in [-0.4, -0.2) is 0 Å². The van der Waals surface area contributed by atoms with Gasteiger partial charge in [0.25, 0.3) is 0 Å². The van der Waals surface area contributed by atoms with Gasteiger partial charge in [-0.15, -0.1) is 0 Å². The van der Waals surface area contributed by atoms with Crippen LogP contribution in [0.5, 0.6) is 0 Å². The van der Waals surface area contributed by atoms with Gasteiger partial charge in [-0.05, 0) is 155 Å². The van der Waals surface area contributed by atoms with Crippen molar-refractivity contribution in [3.05, 3.63) is 80.9 Å². The van der Waals surface area contributed by atoms with E-state index in [9.17, 15) is 0 Å². The Balaban J connectivity index is 2.08. The minimum absolute atomic E-state index is 1.37. The molecular formula is C30H30. The Labute approximate surface area is 179 Å². The Morgan fingerprint density at radius 2 is 0.467 bits per heavy atom. The second kappa shape index (κ2) is 6.32. The number of rotatable bonds is 0. The van der Waals surface area contributed by atoms with E-state index < -0.39 is 0 Å². The van der Waals surface area contributed by atoms with E-state index in [1.54, 1.807) is 0 Å². The molecule has 0 amide bonds. The van der Waals surface area contributed by atoms with E-state index in [2.05, 4.69) is 91.8 Å². The molecule has 0 spiro atoms. The molecule has 5 rings (SSSR count). The first-order valence-electron chi connectivity index (χ1n) is 11.0. The van der Waals surface area contributed by atoms with Crippen LogP contribution in [0.4, 0.5) is 0 Å². The Kier molecular flexibility index (Phi) is 4.03. The van der Waals surface area contributed by atoms with E-state index >= 15 is 0 Å². The monoisotopic (exact) mass is 390 g/mol. The fraction of sp³-hybridized carbons (Fsp3) is 0.267. The predicted molar refractivity (Wildman–Crippen MR) is 134 cm³/mol. The van der Waals surface area contributed by atoms with Crippen LogP contribution in [-0.2, 0) is 0 Å². The predicted octanol–water partition coefficient (Wildman–Crippen LogP) is 8.77. The molecule has 0 N–H and O–H groups in total. The average Bonchev–Trinajstić information content (AvgIpc) is 2.72. The van der Waals surface area contributed by atoms with Crippen molar-refractivity contribution in [2.75, 3.05) is 0 Å². The molecule has 150 valence electrons. The molecule has 5 aromatic carbocycles. The van der Waals surface area contributed by atoms with Crippen LogP contribution in [0.3, 0.4) is 0 Å². The molecule has 0 fully saturated rings. The molecule has 0 heteroatoms. The molecule has 0 aliphatic heterocycles. The second-order valence-electron chi connectivity index (χ2n) is 9.41. The zero-order valence-electron chi connectivity index (χ0n) is 19.5. The average molecular weight is 391 g/mol. The molecule has 0 heterocycles. The molecule has 5 aromatic rings. The van der Waals surface area contributed by atoms with E-state index in [1.807, 2.05) is 0 Å². The Morgan fingerprint density at radius 3 is 0.767 bits per heavy atom. The summed E-state index contributed by atoms with van der Waals surface area (Å²) in [7, 11) is 0. The number of benzene rings is 5. The molecule has 30 heavy (non-hydrogen) atoms. The van der Waals surface area contributed by atoms with E-state index in [4.69, 9.17) is 0 Å². The Bertz CT molecular complexity index is 1430. The standard InChI is InChI=1S/C30H30/c1-15-9-23-19(5)21(7)25-14-30-26(13-29(25)27(23)11-17(15)3)22(8)20(6)24-10-16(2)18(4)12-28(24)30/h9-14H,1-8H3. The van der Waals surface area contributed by atoms with Crippen molar-refractivity contribution in [2.45, 2.75) is 55.4 Å². The molecule has 0 bridgehead atoms. The summed E-state index contributed by atoms with van der Waals surface area (Å²) in [5.41, 5.74) is 11.1. The van der Waals surface area contributed by atoms with Crippen LogP contribution < -0.4 is 0 Å². The minimum atomic E-state index is 1.37. The minimum Gasteiger partial charge on any atom is -0.0509 e. The SMILES string of the molecule is Cc1cc2c(C)c(C)c3cc4c(cc3c2cc1C)c(C)c(C)c1cc(C)c(C)cc14. The van der Waals surface area contributed by atoms with Gasteiger partial charge in [-0.25, -0.2) is 0 Å². The maximum atomic E-state index is 2.46. The van der Waals surface area contributed by atoms with Gasteiger partial charge >= 0.3 is 0 Å². The number of hydrogen-bond acceptors (Lipinski definition) is 0. The highest BCUT2D eigenvalue weighted by atomic mass is 14.2. The van der Waals surface area contributed by atoms with Gasteiger partial charge in [0, 0.05) is 0 Å². The summed E-state index contributed by atoms with van der Waals surface area (Å²) in [6.07, 6.45) is 0. The van der Waals surface area contributed by atoms with Crippen molar-refractivity contribution in [1.29, 1.82) is 0 Å². The topological polar surface area (TPSA) is 0 Å². The Morgan fingerprint density at radius 1 is 0.267 bits per heavy atom. The summed E-state index contributed by atoms with van der Waals surface area (Å²) in [5, 5.41) is 11.1. The molecule has 0 aliphatic carbocycles. The molecule has 0 atom stereocenters. The van der Waals surface area contributed by atoms with Crippen LogP contribution in [0.25, 0.3) is 43.1 Å². The number of fused-ring (bicyclic) bond motifs is 6. The van der Waals surface area contributed by atoms with Crippen molar-refractivity contribution in [1.82, 2.24) is 0 Å². The maximum Gasteiger partial charge on any atom is -0.00959 e. The molecule has 0 unspecified atom stereocenters. The van der Waals surface area contributed by atoms with Crippen LogP contribution in [0.1, 0.15) is 44.5 Å². The lowest BCUT2D eigenvalue weighted by atomic mass is 9.86. The second-order valence-corrected chi connectivity index (χ2v) is 9.41. The highest BCUT2D eigenvalue weighted by molar-refractivity contribution is 6.20. The van der Waals surface area contributed by atoms with E-state index in [0.717, 1.165) is 0 Å². The van der Waals surface area contributed by atoms with Crippen molar-refractivity contribution < 1.29 is 0 Å². The molecular weight excluding hydrogens is 360 g/mol. The zero-order chi connectivity index (χ0) is 21.5. The number of aryl methyl sites for hydroxylation is 8. The summed E-state index contributed by atoms with van der Waals surface area (Å²) >= 11 is 0. The summed E-state index contributed by atoms with van der Waals surface area (Å²) in [4.78, 5) is 0. The van der Waals surface area contributed by atoms with Gasteiger partial charge in [0.05, 0.1) is 0 Å². The highest BCUT2D eigenvalue weighted by Gasteiger charge is 2.15. The molecule has 0 aromatic heterocycles. The molecule has 0 radical (unpaired) electrons. The third-order valence-electron chi connectivity index (χ3n) is 7.75. The van der Waals surface area contributed by atoms with Crippen molar-refractivity contribution in [3.8, 4) is 0 Å². The third kappa shape index (κ3) is 2.46. The molecule has 0 nitrogen and oxygen atoms in total. The normalized spacial score (nSPS) is 12.0. The van der Waals surface area contributed by atoms with Gasteiger partial charge in [-0.2, -0.15) is 0 Å². The molecule has 0 saturated carbocycles. The van der Waals surface area contributed by atoms with E-state index in [0.29, 0.717) is 0 Å². The molecule has 0 saturated heterocycles. The van der Waals surface area contributed by atoms with E-state index in [1.165, 1.54) is 87.6 Å². The highest BCUT2D eigenvalue weighted by Crippen LogP contribution is 2.40. The smallest absolute Gasteiger partial charge is 0.00959 e. The summed E-state index contributed by atoms with van der Waals surface area (Å²) in [6, 6.07) is 14.5. The zero-order valence-corrected chi connectivity index (χ0v) is 19.5. The van der Waals surface area contributed by atoms with Gasteiger partial charge in [0.15, 0.2) is 0 Å². The van der Waals surface area contributed by atoms with Gasteiger partial charge < -0.3 is 0 Å². The summed E-state index contributed by atoms with van der Waals surface area (Å²) in [6.45, 7) is 18.0. The number of hydrogen-bond donors (Lipinski definition) is 0. The lowest BCUT2D eigenvalue weighted by molar-refractivity contribution is 1.34. The van der Waals surface area contributed by atoms with Crippen LogP contribution in [0.2, 0.25) is 0 Å². The van der Waals surface area contributed by atoms with Gasteiger partial charge in [-0.1, -0.05) is 24.3 Å².